The van der Waals surface area contributed by atoms with Gasteiger partial charge in [0.25, 0.3) is 5.91 Å². The van der Waals surface area contributed by atoms with Crippen molar-refractivity contribution in [1.29, 1.82) is 0 Å². The predicted molar refractivity (Wildman–Crippen MR) is 115 cm³/mol. The summed E-state index contributed by atoms with van der Waals surface area (Å²) < 4.78 is 58.2. The van der Waals surface area contributed by atoms with Crippen molar-refractivity contribution in [3.63, 3.8) is 0 Å². The van der Waals surface area contributed by atoms with Gasteiger partial charge in [0.05, 0.1) is 29.9 Å². The van der Waals surface area contributed by atoms with E-state index in [9.17, 15) is 13.2 Å². The number of ether oxygens (including phenoxy) is 2. The Bertz CT molecular complexity index is 1100. The fourth-order valence-electron chi connectivity index (χ4n) is 2.57. The Kier molecular flexibility index (Phi) is 6.71. The number of nitrogens with one attached hydrogen (secondary N) is 2. The van der Waals surface area contributed by atoms with Crippen molar-refractivity contribution in [2.75, 3.05) is 49.7 Å². The average Bonchev–Trinajstić information content (AvgIpc) is 2.68. The third kappa shape index (κ3) is 5.94. The standard InChI is InChI=1S/C18H24ClN5O5S/c1-5-24(30(4,26)27)15-10-12(29-9-8-28-3)6-7-13(15)21-14-11-16(19)22-23-17(14)18(25)20-2/h6-7,10-11H,5,8-9H2,1-4H3,(H,20,25)(H,21,22)/i2D3. The van der Waals surface area contributed by atoms with Crippen LogP contribution in [0.2, 0.25) is 5.15 Å². The molecule has 0 aliphatic heterocycles. The van der Waals surface area contributed by atoms with E-state index >= 15 is 0 Å². The first-order valence-electron chi connectivity index (χ1n) is 10.2. The van der Waals surface area contributed by atoms with Crippen LogP contribution in [0.5, 0.6) is 5.75 Å². The molecular formula is C18H24ClN5O5S. The number of hydrogen-bond acceptors (Lipinski definition) is 8. The van der Waals surface area contributed by atoms with Crippen LogP contribution >= 0.6 is 11.6 Å². The highest BCUT2D eigenvalue weighted by Crippen LogP contribution is 2.35. The Morgan fingerprint density at radius 3 is 2.67 bits per heavy atom. The van der Waals surface area contributed by atoms with Crippen molar-refractivity contribution in [3.8, 4) is 5.75 Å². The minimum absolute atomic E-state index is 0.0237. The third-order valence-electron chi connectivity index (χ3n) is 3.84. The van der Waals surface area contributed by atoms with Crippen molar-refractivity contribution < 1.29 is 26.8 Å². The monoisotopic (exact) mass is 460 g/mol. The molecule has 2 aromatic rings. The summed E-state index contributed by atoms with van der Waals surface area (Å²) in [5.74, 6) is -0.626. The number of methoxy groups -OCH3 is 1. The van der Waals surface area contributed by atoms with E-state index < -0.39 is 22.9 Å². The highest BCUT2D eigenvalue weighted by Gasteiger charge is 2.22. The minimum Gasteiger partial charge on any atom is -0.491 e. The van der Waals surface area contributed by atoms with Gasteiger partial charge in [-0.2, -0.15) is 0 Å². The molecule has 12 heteroatoms. The summed E-state index contributed by atoms with van der Waals surface area (Å²) in [5, 5.41) is 12.0. The summed E-state index contributed by atoms with van der Waals surface area (Å²) in [6.45, 7) is -0.406. The second-order valence-electron chi connectivity index (χ2n) is 5.96. The molecule has 0 radical (unpaired) electrons. The zero-order valence-corrected chi connectivity index (χ0v) is 18.2. The first kappa shape index (κ1) is 19.3. The van der Waals surface area contributed by atoms with Crippen LogP contribution in [0.3, 0.4) is 0 Å². The zero-order valence-electron chi connectivity index (χ0n) is 19.6. The van der Waals surface area contributed by atoms with Crippen LogP contribution in [0.25, 0.3) is 0 Å². The average molecular weight is 461 g/mol. The van der Waals surface area contributed by atoms with E-state index in [0.29, 0.717) is 12.4 Å². The van der Waals surface area contributed by atoms with Gasteiger partial charge >= 0.3 is 0 Å². The Morgan fingerprint density at radius 2 is 2.03 bits per heavy atom. The van der Waals surface area contributed by atoms with Gasteiger partial charge in [-0.05, 0) is 19.1 Å². The molecule has 1 amide bonds. The number of hydrogen-bond donors (Lipinski definition) is 2. The molecule has 0 atom stereocenters. The van der Waals surface area contributed by atoms with Crippen molar-refractivity contribution in [2.24, 2.45) is 0 Å². The molecule has 0 bridgehead atoms. The highest BCUT2D eigenvalue weighted by molar-refractivity contribution is 7.92. The summed E-state index contributed by atoms with van der Waals surface area (Å²) >= 11 is 5.92. The van der Waals surface area contributed by atoms with Crippen molar-refractivity contribution >= 4 is 44.6 Å². The van der Waals surface area contributed by atoms with E-state index in [-0.39, 0.29) is 41.1 Å². The quantitative estimate of drug-likeness (QED) is 0.516. The second kappa shape index (κ2) is 10.4. The van der Waals surface area contributed by atoms with Crippen LogP contribution in [-0.4, -0.2) is 64.6 Å². The van der Waals surface area contributed by atoms with Gasteiger partial charge in [-0.3, -0.25) is 9.10 Å². The number of carbonyl (C=O) groups excluding carboxylic acids is 1. The fraction of sp³-hybridized carbons (Fsp3) is 0.389. The van der Waals surface area contributed by atoms with Gasteiger partial charge in [-0.15, -0.1) is 10.2 Å². The first-order valence-corrected chi connectivity index (χ1v) is 10.9. The van der Waals surface area contributed by atoms with Gasteiger partial charge < -0.3 is 20.1 Å². The minimum atomic E-state index is -3.68. The van der Waals surface area contributed by atoms with Gasteiger partial charge in [-0.25, -0.2) is 8.42 Å². The van der Waals surface area contributed by atoms with Gasteiger partial charge in [-0.1, -0.05) is 11.6 Å². The Morgan fingerprint density at radius 1 is 1.27 bits per heavy atom. The normalized spacial score (nSPS) is 13.0. The predicted octanol–water partition coefficient (Wildman–Crippen LogP) is 2.04. The van der Waals surface area contributed by atoms with Crippen molar-refractivity contribution in [3.05, 3.63) is 35.1 Å². The molecule has 1 aromatic carbocycles. The van der Waals surface area contributed by atoms with Crippen molar-refractivity contribution in [1.82, 2.24) is 15.5 Å². The van der Waals surface area contributed by atoms with Crippen LogP contribution in [0, 0.1) is 0 Å². The molecular weight excluding hydrogens is 434 g/mol. The lowest BCUT2D eigenvalue weighted by molar-refractivity contribution is 0.0958. The summed E-state index contributed by atoms with van der Waals surface area (Å²) in [5.41, 5.74) is 0.179. The van der Waals surface area contributed by atoms with Gasteiger partial charge in [0.2, 0.25) is 10.0 Å². The highest BCUT2D eigenvalue weighted by atomic mass is 35.5. The second-order valence-corrected chi connectivity index (χ2v) is 8.25. The molecule has 0 fully saturated rings. The largest absolute Gasteiger partial charge is 0.491 e. The number of anilines is 3. The van der Waals surface area contributed by atoms with Crippen LogP contribution in [0.15, 0.2) is 24.3 Å². The molecule has 0 unspecified atom stereocenters. The van der Waals surface area contributed by atoms with E-state index in [1.54, 1.807) is 19.1 Å². The van der Waals surface area contributed by atoms with Crippen molar-refractivity contribution in [2.45, 2.75) is 6.92 Å². The summed E-state index contributed by atoms with van der Waals surface area (Å²) in [4.78, 5) is 12.4. The molecule has 30 heavy (non-hydrogen) atoms. The number of aromatic nitrogens is 2. The topological polar surface area (TPSA) is 123 Å². The zero-order chi connectivity index (χ0) is 24.8. The van der Waals surface area contributed by atoms with E-state index in [1.165, 1.54) is 19.2 Å². The van der Waals surface area contributed by atoms with Gasteiger partial charge in [0.15, 0.2) is 10.8 Å². The number of amides is 1. The molecule has 0 saturated carbocycles. The fourth-order valence-corrected chi connectivity index (χ4v) is 3.70. The van der Waals surface area contributed by atoms with Gasteiger partial charge in [0, 0.05) is 36.9 Å². The molecule has 2 rings (SSSR count). The maximum absolute atomic E-state index is 12.4. The molecule has 2 N–H and O–H groups in total. The van der Waals surface area contributed by atoms with Crippen LogP contribution in [0.1, 0.15) is 21.5 Å². The molecule has 0 spiro atoms. The molecule has 1 heterocycles. The van der Waals surface area contributed by atoms with E-state index in [0.717, 1.165) is 10.6 Å². The van der Waals surface area contributed by atoms with E-state index in [1.807, 2.05) is 5.32 Å². The lowest BCUT2D eigenvalue weighted by Gasteiger charge is -2.25. The summed E-state index contributed by atoms with van der Waals surface area (Å²) in [6.07, 6.45) is 1.05. The molecule has 0 aliphatic rings. The lowest BCUT2D eigenvalue weighted by atomic mass is 10.2. The number of nitrogens with zero attached hydrogens (tertiary/aromatic N) is 3. The maximum Gasteiger partial charge on any atom is 0.273 e. The molecule has 164 valence electrons. The van der Waals surface area contributed by atoms with Crippen LogP contribution < -0.4 is 19.7 Å². The Balaban J connectivity index is 2.54. The number of halogens is 1. The van der Waals surface area contributed by atoms with E-state index in [4.69, 9.17) is 25.2 Å². The molecule has 10 nitrogen and oxygen atoms in total. The SMILES string of the molecule is [2H]C([2H])([2H])NC(=O)c1nnc(Cl)cc1Nc1ccc(OCCOC)cc1N(CC)S(C)(=O)=O. The molecule has 0 saturated heterocycles. The number of benzene rings is 1. The maximum atomic E-state index is 12.4. The van der Waals surface area contributed by atoms with Crippen LogP contribution in [0.4, 0.5) is 17.1 Å². The Labute approximate surface area is 184 Å². The third-order valence-corrected chi connectivity index (χ3v) is 5.28. The number of carbonyl (C=O) groups is 1. The summed E-state index contributed by atoms with van der Waals surface area (Å²) in [6, 6.07) is 5.93. The summed E-state index contributed by atoms with van der Waals surface area (Å²) in [7, 11) is -2.15. The lowest BCUT2D eigenvalue weighted by Crippen LogP contribution is -2.30. The molecule has 1 aromatic heterocycles. The Hall–Kier alpha value is -2.63. The van der Waals surface area contributed by atoms with Crippen LogP contribution in [-0.2, 0) is 14.8 Å². The van der Waals surface area contributed by atoms with Gasteiger partial charge in [0.1, 0.15) is 12.4 Å². The van der Waals surface area contributed by atoms with E-state index in [2.05, 4.69) is 15.5 Å². The first-order chi connectivity index (χ1) is 15.4. The smallest absolute Gasteiger partial charge is 0.273 e. The number of rotatable bonds is 10. The number of sulfonamides is 1. The molecule has 0 aliphatic carbocycles.